The molecule has 1 unspecified atom stereocenters. The molecule has 2 rings (SSSR count). The minimum absolute atomic E-state index is 0.0658. The van der Waals surface area contributed by atoms with Crippen molar-refractivity contribution in [1.82, 2.24) is 10.2 Å². The van der Waals surface area contributed by atoms with Crippen molar-refractivity contribution in [3.8, 4) is 12.3 Å². The number of aliphatic carboxylic acids is 1. The molecule has 1 atom stereocenters. The number of carboxylic acids is 1. The molecule has 1 fully saturated rings. The van der Waals surface area contributed by atoms with E-state index in [9.17, 15) is 9.59 Å². The highest BCUT2D eigenvalue weighted by Gasteiger charge is 2.31. The van der Waals surface area contributed by atoms with E-state index < -0.39 is 5.97 Å². The molecule has 1 aliphatic heterocycles. The Kier molecular flexibility index (Phi) is 3.84. The van der Waals surface area contributed by atoms with E-state index >= 15 is 0 Å². The van der Waals surface area contributed by atoms with Crippen molar-refractivity contribution in [1.29, 1.82) is 0 Å². The van der Waals surface area contributed by atoms with Crippen LogP contribution < -0.4 is 4.90 Å². The van der Waals surface area contributed by atoms with Crippen molar-refractivity contribution >= 4 is 40.1 Å². The highest BCUT2D eigenvalue weighted by atomic mass is 32.2. The van der Waals surface area contributed by atoms with Gasteiger partial charge in [-0.1, -0.05) is 23.1 Å². The number of terminal acetylenes is 1. The monoisotopic (exact) mass is 283 g/mol. The molecule has 1 aromatic heterocycles. The van der Waals surface area contributed by atoms with Gasteiger partial charge in [0.15, 0.2) is 4.34 Å². The van der Waals surface area contributed by atoms with E-state index in [0.29, 0.717) is 22.4 Å². The molecular weight excluding hydrogens is 274 g/mol. The van der Waals surface area contributed by atoms with Crippen molar-refractivity contribution in [2.45, 2.75) is 10.8 Å². The molecule has 0 aliphatic carbocycles. The number of amides is 1. The first-order valence-corrected chi connectivity index (χ1v) is 6.85. The second kappa shape index (κ2) is 5.37. The molecule has 1 saturated heterocycles. The minimum Gasteiger partial charge on any atom is -0.481 e. The molecule has 2 heterocycles. The average Bonchev–Trinajstić information content (AvgIpc) is 2.92. The molecule has 18 heavy (non-hydrogen) atoms. The molecule has 0 spiro atoms. The number of carbonyl (C=O) groups is 2. The number of carbonyl (C=O) groups excluding carboxylic acids is 1. The van der Waals surface area contributed by atoms with Gasteiger partial charge in [0.25, 0.3) is 0 Å². The summed E-state index contributed by atoms with van der Waals surface area (Å²) in [5.41, 5.74) is 0. The van der Waals surface area contributed by atoms with Crippen LogP contribution in [0, 0.1) is 18.3 Å². The summed E-state index contributed by atoms with van der Waals surface area (Å²) in [4.78, 5) is 23.6. The van der Waals surface area contributed by atoms with Crippen LogP contribution in [0.15, 0.2) is 4.34 Å². The minimum atomic E-state index is -0.915. The van der Waals surface area contributed by atoms with Crippen LogP contribution in [0.2, 0.25) is 0 Å². The van der Waals surface area contributed by atoms with Crippen molar-refractivity contribution in [3.05, 3.63) is 0 Å². The summed E-state index contributed by atoms with van der Waals surface area (Å²) in [5, 5.41) is 16.8. The second-order valence-electron chi connectivity index (χ2n) is 3.61. The number of nitrogens with zero attached hydrogens (tertiary/aromatic N) is 3. The number of hydrogen-bond acceptors (Lipinski definition) is 6. The van der Waals surface area contributed by atoms with Gasteiger partial charge >= 0.3 is 5.97 Å². The highest BCUT2D eigenvalue weighted by molar-refractivity contribution is 8.01. The van der Waals surface area contributed by atoms with Crippen LogP contribution in [-0.4, -0.2) is 39.5 Å². The van der Waals surface area contributed by atoms with Crippen LogP contribution in [0.1, 0.15) is 6.42 Å². The van der Waals surface area contributed by atoms with Crippen LogP contribution in [-0.2, 0) is 9.59 Å². The van der Waals surface area contributed by atoms with Gasteiger partial charge in [-0.2, -0.15) is 0 Å². The average molecular weight is 283 g/mol. The van der Waals surface area contributed by atoms with Crippen LogP contribution in [0.4, 0.5) is 5.13 Å². The fourth-order valence-corrected chi connectivity index (χ4v) is 3.09. The predicted molar refractivity (Wildman–Crippen MR) is 67.6 cm³/mol. The summed E-state index contributed by atoms with van der Waals surface area (Å²) in [5.74, 6) is 1.41. The van der Waals surface area contributed by atoms with Crippen LogP contribution in [0.25, 0.3) is 0 Å². The lowest BCUT2D eigenvalue weighted by Gasteiger charge is -2.09. The maximum Gasteiger partial charge on any atom is 0.313 e. The largest absolute Gasteiger partial charge is 0.481 e. The van der Waals surface area contributed by atoms with Crippen molar-refractivity contribution in [3.63, 3.8) is 0 Å². The number of rotatable bonds is 4. The third-order valence-corrected chi connectivity index (χ3v) is 4.37. The first-order valence-electron chi connectivity index (χ1n) is 5.04. The summed E-state index contributed by atoms with van der Waals surface area (Å²) in [6.45, 7) is 0.452. The predicted octanol–water partition coefficient (Wildman–Crippen LogP) is 0.701. The van der Waals surface area contributed by atoms with Crippen LogP contribution in [0.3, 0.4) is 0 Å². The highest BCUT2D eigenvalue weighted by Crippen LogP contribution is 2.31. The van der Waals surface area contributed by atoms with Gasteiger partial charge in [-0.05, 0) is 0 Å². The SMILES string of the molecule is C#CC1CC(=O)N(c2nnc(SCC(=O)O)s2)C1. The van der Waals surface area contributed by atoms with Gasteiger partial charge < -0.3 is 5.11 Å². The molecule has 0 saturated carbocycles. The van der Waals surface area contributed by atoms with Crippen LogP contribution in [0.5, 0.6) is 0 Å². The van der Waals surface area contributed by atoms with Gasteiger partial charge in [0.1, 0.15) is 0 Å². The summed E-state index contributed by atoms with van der Waals surface area (Å²) in [7, 11) is 0. The molecule has 0 bridgehead atoms. The zero-order chi connectivity index (χ0) is 13.1. The number of thioether (sulfide) groups is 1. The maximum atomic E-state index is 11.7. The molecule has 0 radical (unpaired) electrons. The molecule has 1 N–H and O–H groups in total. The van der Waals surface area contributed by atoms with Crippen molar-refractivity contribution < 1.29 is 14.7 Å². The molecule has 0 aromatic carbocycles. The lowest BCUT2D eigenvalue weighted by atomic mass is 10.1. The fraction of sp³-hybridized carbons (Fsp3) is 0.400. The van der Waals surface area contributed by atoms with Crippen LogP contribution >= 0.6 is 23.1 Å². The lowest BCUT2D eigenvalue weighted by Crippen LogP contribution is -2.24. The normalized spacial score (nSPS) is 18.9. The van der Waals surface area contributed by atoms with E-state index in [1.165, 1.54) is 16.2 Å². The molecule has 1 aromatic rings. The third kappa shape index (κ3) is 2.80. The van der Waals surface area contributed by atoms with Gasteiger partial charge in [0, 0.05) is 18.9 Å². The van der Waals surface area contributed by atoms with Crippen molar-refractivity contribution in [2.24, 2.45) is 5.92 Å². The number of anilines is 1. The molecular formula is C10H9N3O3S2. The number of aromatic nitrogens is 2. The summed E-state index contributed by atoms with van der Waals surface area (Å²) < 4.78 is 0.532. The molecule has 8 heteroatoms. The van der Waals surface area contributed by atoms with E-state index in [0.717, 1.165) is 11.8 Å². The van der Waals surface area contributed by atoms with E-state index in [2.05, 4.69) is 16.1 Å². The fourth-order valence-electron chi connectivity index (χ4n) is 1.50. The van der Waals surface area contributed by atoms with Gasteiger partial charge in [-0.25, -0.2) is 0 Å². The van der Waals surface area contributed by atoms with E-state index in [-0.39, 0.29) is 17.6 Å². The zero-order valence-corrected chi connectivity index (χ0v) is 10.8. The Morgan fingerprint density at radius 3 is 3.06 bits per heavy atom. The Hall–Kier alpha value is -1.59. The zero-order valence-electron chi connectivity index (χ0n) is 9.20. The maximum absolute atomic E-state index is 11.7. The quantitative estimate of drug-likeness (QED) is 0.497. The van der Waals surface area contributed by atoms with Gasteiger partial charge in [-0.15, -0.1) is 22.5 Å². The Balaban J connectivity index is 2.04. The molecule has 94 valence electrons. The summed E-state index contributed by atoms with van der Waals surface area (Å²) >= 11 is 2.29. The first kappa shape index (κ1) is 12.9. The van der Waals surface area contributed by atoms with Gasteiger partial charge in [0.2, 0.25) is 11.0 Å². The van der Waals surface area contributed by atoms with E-state index in [1.54, 1.807) is 0 Å². The lowest BCUT2D eigenvalue weighted by molar-refractivity contribution is -0.133. The Morgan fingerprint density at radius 2 is 2.44 bits per heavy atom. The molecule has 1 amide bonds. The smallest absolute Gasteiger partial charge is 0.313 e. The third-order valence-electron chi connectivity index (χ3n) is 2.31. The Morgan fingerprint density at radius 1 is 1.67 bits per heavy atom. The summed E-state index contributed by atoms with van der Waals surface area (Å²) in [6.07, 6.45) is 5.62. The Labute approximate surface area is 111 Å². The van der Waals surface area contributed by atoms with E-state index in [1.807, 2.05) is 0 Å². The molecule has 6 nitrogen and oxygen atoms in total. The standard InChI is InChI=1S/C10H9N3O3S2/c1-2-6-3-7(14)13(4-6)9-11-12-10(18-9)17-5-8(15)16/h1,6H,3-5H2,(H,15,16). The molecule has 1 aliphatic rings. The van der Waals surface area contributed by atoms with Crippen molar-refractivity contribution in [2.75, 3.05) is 17.2 Å². The number of carboxylic acid groups (broad SMARTS) is 1. The second-order valence-corrected chi connectivity index (χ2v) is 5.78. The summed E-state index contributed by atoms with van der Waals surface area (Å²) in [6, 6.07) is 0. The first-order chi connectivity index (χ1) is 8.60. The van der Waals surface area contributed by atoms with E-state index in [4.69, 9.17) is 11.5 Å². The Bertz CT molecular complexity index is 523. The number of hydrogen-bond donors (Lipinski definition) is 1. The topological polar surface area (TPSA) is 83.4 Å². The van der Waals surface area contributed by atoms with Gasteiger partial charge in [0.05, 0.1) is 5.75 Å². The van der Waals surface area contributed by atoms with Gasteiger partial charge in [-0.3, -0.25) is 14.5 Å².